The zero-order chi connectivity index (χ0) is 13.9. The van der Waals surface area contributed by atoms with Crippen molar-refractivity contribution in [1.29, 1.82) is 0 Å². The van der Waals surface area contributed by atoms with Crippen LogP contribution in [0.2, 0.25) is 0 Å². The molecule has 0 saturated carbocycles. The van der Waals surface area contributed by atoms with Crippen LogP contribution in [0, 0.1) is 0 Å². The van der Waals surface area contributed by atoms with Crippen molar-refractivity contribution in [2.45, 2.75) is 25.9 Å². The molecule has 3 rings (SSSR count). The summed E-state index contributed by atoms with van der Waals surface area (Å²) in [7, 11) is 0. The van der Waals surface area contributed by atoms with Crippen LogP contribution in [0.25, 0.3) is 10.9 Å². The van der Waals surface area contributed by atoms with Gasteiger partial charge in [-0.05, 0) is 44.0 Å². The molecule has 0 aliphatic carbocycles. The quantitative estimate of drug-likeness (QED) is 0.930. The van der Waals surface area contributed by atoms with Gasteiger partial charge in [0.05, 0.1) is 6.10 Å². The highest BCUT2D eigenvalue weighted by molar-refractivity contribution is 5.98. The lowest BCUT2D eigenvalue weighted by molar-refractivity contribution is 0.0539. The Morgan fingerprint density at radius 2 is 2.35 bits per heavy atom. The van der Waals surface area contributed by atoms with E-state index in [4.69, 9.17) is 4.74 Å². The number of nitrogens with zero attached hydrogens (tertiary/aromatic N) is 1. The van der Waals surface area contributed by atoms with Crippen molar-refractivity contribution >= 4 is 16.8 Å². The Morgan fingerprint density at radius 1 is 1.45 bits per heavy atom. The second-order valence-electron chi connectivity index (χ2n) is 5.26. The van der Waals surface area contributed by atoms with E-state index in [0.717, 1.165) is 35.9 Å². The van der Waals surface area contributed by atoms with E-state index in [1.807, 2.05) is 42.3 Å². The maximum absolute atomic E-state index is 12.6. The first kappa shape index (κ1) is 13.2. The number of hydrogen-bond acceptors (Lipinski definition) is 2. The lowest BCUT2D eigenvalue weighted by Gasteiger charge is -2.24. The molecule has 1 fully saturated rings. The maximum Gasteiger partial charge on any atom is 0.253 e. The summed E-state index contributed by atoms with van der Waals surface area (Å²) < 4.78 is 5.63. The molecule has 106 valence electrons. The molecule has 20 heavy (non-hydrogen) atoms. The first-order valence-corrected chi connectivity index (χ1v) is 7.26. The number of ether oxygens (including phenoxy) is 1. The van der Waals surface area contributed by atoms with Gasteiger partial charge < -0.3 is 14.6 Å². The van der Waals surface area contributed by atoms with Gasteiger partial charge in [0, 0.05) is 42.4 Å². The van der Waals surface area contributed by atoms with Crippen LogP contribution < -0.4 is 0 Å². The Kier molecular flexibility index (Phi) is 3.74. The molecule has 4 nitrogen and oxygen atoms in total. The van der Waals surface area contributed by atoms with Crippen LogP contribution in [-0.4, -0.2) is 41.6 Å². The van der Waals surface area contributed by atoms with E-state index < -0.39 is 0 Å². The highest BCUT2D eigenvalue weighted by Gasteiger charge is 2.22. The Labute approximate surface area is 118 Å². The van der Waals surface area contributed by atoms with E-state index in [0.29, 0.717) is 13.1 Å². The average molecular weight is 272 g/mol. The number of rotatable bonds is 4. The van der Waals surface area contributed by atoms with Crippen LogP contribution in [0.3, 0.4) is 0 Å². The number of fused-ring (bicyclic) bond motifs is 1. The van der Waals surface area contributed by atoms with Crippen molar-refractivity contribution < 1.29 is 9.53 Å². The first-order chi connectivity index (χ1) is 9.78. The summed E-state index contributed by atoms with van der Waals surface area (Å²) in [5.74, 6) is 0.0890. The summed E-state index contributed by atoms with van der Waals surface area (Å²) in [6.45, 7) is 4.25. The summed E-state index contributed by atoms with van der Waals surface area (Å²) in [6, 6.07) is 7.79. The predicted octanol–water partition coefficient (Wildman–Crippen LogP) is 2.81. The molecule has 1 amide bonds. The second-order valence-corrected chi connectivity index (χ2v) is 5.26. The van der Waals surface area contributed by atoms with Gasteiger partial charge in [0.2, 0.25) is 0 Å². The van der Waals surface area contributed by atoms with Crippen LogP contribution >= 0.6 is 0 Å². The normalized spacial score (nSPS) is 18.6. The third-order valence-electron chi connectivity index (χ3n) is 3.92. The highest BCUT2D eigenvalue weighted by atomic mass is 16.5. The molecule has 4 heteroatoms. The first-order valence-electron chi connectivity index (χ1n) is 7.26. The number of benzene rings is 1. The third kappa shape index (κ3) is 2.56. The molecule has 1 aliphatic rings. The zero-order valence-electron chi connectivity index (χ0n) is 11.8. The van der Waals surface area contributed by atoms with E-state index in [9.17, 15) is 4.79 Å². The van der Waals surface area contributed by atoms with Gasteiger partial charge in [0.25, 0.3) is 5.91 Å². The summed E-state index contributed by atoms with van der Waals surface area (Å²) >= 11 is 0. The zero-order valence-corrected chi connectivity index (χ0v) is 11.8. The molecule has 1 unspecified atom stereocenters. The van der Waals surface area contributed by atoms with Gasteiger partial charge in [0.1, 0.15) is 0 Å². The Balaban J connectivity index is 1.77. The summed E-state index contributed by atoms with van der Waals surface area (Å²) in [5, 5.41) is 1.07. The number of likely N-dealkylation sites (N-methyl/N-ethyl adjacent to an activating group) is 1. The summed E-state index contributed by atoms with van der Waals surface area (Å²) in [6.07, 6.45) is 4.25. The number of hydrogen-bond donors (Lipinski definition) is 1. The van der Waals surface area contributed by atoms with E-state index in [1.54, 1.807) is 0 Å². The van der Waals surface area contributed by atoms with Crippen LogP contribution in [0.15, 0.2) is 30.5 Å². The topological polar surface area (TPSA) is 45.3 Å². The fourth-order valence-electron chi connectivity index (χ4n) is 2.76. The number of amides is 1. The molecule has 1 aromatic carbocycles. The minimum absolute atomic E-state index is 0.0890. The summed E-state index contributed by atoms with van der Waals surface area (Å²) in [5.41, 5.74) is 1.81. The lowest BCUT2D eigenvalue weighted by atomic mass is 10.1. The van der Waals surface area contributed by atoms with Gasteiger partial charge in [-0.1, -0.05) is 0 Å². The Hall–Kier alpha value is -1.81. The largest absolute Gasteiger partial charge is 0.376 e. The van der Waals surface area contributed by atoms with Gasteiger partial charge in [-0.3, -0.25) is 4.79 Å². The highest BCUT2D eigenvalue weighted by Crippen LogP contribution is 2.18. The van der Waals surface area contributed by atoms with Gasteiger partial charge in [-0.25, -0.2) is 0 Å². The fourth-order valence-corrected chi connectivity index (χ4v) is 2.76. The van der Waals surface area contributed by atoms with Crippen molar-refractivity contribution in [3.05, 3.63) is 36.0 Å². The van der Waals surface area contributed by atoms with Crippen molar-refractivity contribution in [3.8, 4) is 0 Å². The van der Waals surface area contributed by atoms with Gasteiger partial charge in [-0.15, -0.1) is 0 Å². The number of nitrogens with one attached hydrogen (secondary N) is 1. The minimum atomic E-state index is 0.0890. The molecule has 0 radical (unpaired) electrons. The SMILES string of the molecule is CCN(CC1CCCO1)C(=O)c1ccc2[nH]ccc2c1. The molecular formula is C16H20N2O2. The number of H-pyrrole nitrogens is 1. The van der Waals surface area contributed by atoms with Crippen LogP contribution in [0.4, 0.5) is 0 Å². The van der Waals surface area contributed by atoms with E-state index in [1.165, 1.54) is 0 Å². The van der Waals surface area contributed by atoms with Gasteiger partial charge in [0.15, 0.2) is 0 Å². The molecule has 1 aliphatic heterocycles. The molecule has 2 aromatic rings. The van der Waals surface area contributed by atoms with E-state index in [-0.39, 0.29) is 12.0 Å². The Bertz CT molecular complexity index is 599. The van der Waals surface area contributed by atoms with Crippen molar-refractivity contribution in [3.63, 3.8) is 0 Å². The molecule has 1 atom stereocenters. The second kappa shape index (κ2) is 5.67. The van der Waals surface area contributed by atoms with Crippen LogP contribution in [0.5, 0.6) is 0 Å². The van der Waals surface area contributed by atoms with Gasteiger partial charge in [-0.2, -0.15) is 0 Å². The predicted molar refractivity (Wildman–Crippen MR) is 78.9 cm³/mol. The molecule has 1 aromatic heterocycles. The smallest absolute Gasteiger partial charge is 0.253 e. The number of aromatic amines is 1. The number of carbonyl (C=O) groups is 1. The average Bonchev–Trinajstić information content (AvgIpc) is 3.14. The molecular weight excluding hydrogens is 252 g/mol. The number of carbonyl (C=O) groups excluding carboxylic acids is 1. The van der Waals surface area contributed by atoms with E-state index in [2.05, 4.69) is 4.98 Å². The fraction of sp³-hybridized carbons (Fsp3) is 0.438. The Morgan fingerprint density at radius 3 is 3.10 bits per heavy atom. The lowest BCUT2D eigenvalue weighted by Crippen LogP contribution is -2.37. The molecule has 1 saturated heterocycles. The van der Waals surface area contributed by atoms with Crippen LogP contribution in [0.1, 0.15) is 30.1 Å². The molecule has 1 N–H and O–H groups in total. The van der Waals surface area contributed by atoms with Gasteiger partial charge >= 0.3 is 0 Å². The van der Waals surface area contributed by atoms with Crippen molar-refractivity contribution in [2.24, 2.45) is 0 Å². The number of aromatic nitrogens is 1. The molecule has 0 spiro atoms. The third-order valence-corrected chi connectivity index (χ3v) is 3.92. The monoisotopic (exact) mass is 272 g/mol. The molecule has 0 bridgehead atoms. The summed E-state index contributed by atoms with van der Waals surface area (Å²) in [4.78, 5) is 17.6. The molecule has 2 heterocycles. The van der Waals surface area contributed by atoms with Crippen LogP contribution in [-0.2, 0) is 4.74 Å². The van der Waals surface area contributed by atoms with Crippen molar-refractivity contribution in [2.75, 3.05) is 19.7 Å². The minimum Gasteiger partial charge on any atom is -0.376 e. The van der Waals surface area contributed by atoms with E-state index >= 15 is 0 Å². The van der Waals surface area contributed by atoms with Crippen molar-refractivity contribution in [1.82, 2.24) is 9.88 Å². The maximum atomic E-state index is 12.6. The standard InChI is InChI=1S/C16H20N2O2/c1-2-18(11-14-4-3-9-20-14)16(19)13-5-6-15-12(10-13)7-8-17-15/h5-8,10,14,17H,2-4,9,11H2,1H3.